The molecule has 2 aliphatic rings. The fourth-order valence-corrected chi connectivity index (χ4v) is 4.03. The SMILES string of the molecule is C=CCN1C(=O)COc2cc(F)c(-c3c(Cl)n4n(c3=O)CCCCC4)cc21. The van der Waals surface area contributed by atoms with E-state index in [0.29, 0.717) is 18.8 Å². The van der Waals surface area contributed by atoms with Crippen molar-refractivity contribution in [3.05, 3.63) is 46.1 Å². The van der Waals surface area contributed by atoms with E-state index in [1.165, 1.54) is 17.0 Å². The number of halogens is 2. The van der Waals surface area contributed by atoms with Gasteiger partial charge in [-0.3, -0.25) is 14.3 Å². The smallest absolute Gasteiger partial charge is 0.276 e. The van der Waals surface area contributed by atoms with E-state index in [2.05, 4.69) is 6.58 Å². The summed E-state index contributed by atoms with van der Waals surface area (Å²) in [5.41, 5.74) is 0.281. The first-order valence-corrected chi connectivity index (χ1v) is 9.27. The van der Waals surface area contributed by atoms with Gasteiger partial charge in [-0.1, -0.05) is 17.7 Å². The largest absolute Gasteiger partial charge is 0.481 e. The minimum absolute atomic E-state index is 0.0733. The number of hydrogen-bond donors (Lipinski definition) is 0. The lowest BCUT2D eigenvalue weighted by molar-refractivity contribution is -0.121. The Bertz CT molecular complexity index is 995. The molecule has 0 aliphatic carbocycles. The van der Waals surface area contributed by atoms with E-state index in [4.69, 9.17) is 16.3 Å². The van der Waals surface area contributed by atoms with Crippen LogP contribution in [0.2, 0.25) is 5.15 Å². The summed E-state index contributed by atoms with van der Waals surface area (Å²) >= 11 is 6.48. The number of ether oxygens (including phenoxy) is 1. The fraction of sp³-hybridized carbons (Fsp3) is 0.368. The van der Waals surface area contributed by atoms with E-state index in [1.54, 1.807) is 15.4 Å². The van der Waals surface area contributed by atoms with Crippen molar-refractivity contribution in [1.29, 1.82) is 0 Å². The Morgan fingerprint density at radius 1 is 1.19 bits per heavy atom. The number of hydrogen-bond acceptors (Lipinski definition) is 3. The molecule has 4 rings (SSSR count). The van der Waals surface area contributed by atoms with Gasteiger partial charge in [-0.05, 0) is 25.3 Å². The molecule has 0 bridgehead atoms. The number of carbonyl (C=O) groups excluding carboxylic acids is 1. The molecule has 0 saturated carbocycles. The molecule has 1 aromatic heterocycles. The van der Waals surface area contributed by atoms with Crippen LogP contribution < -0.4 is 15.2 Å². The average Bonchev–Trinajstić information content (AvgIpc) is 2.83. The lowest BCUT2D eigenvalue weighted by Gasteiger charge is -2.29. The van der Waals surface area contributed by atoms with E-state index >= 15 is 0 Å². The highest BCUT2D eigenvalue weighted by molar-refractivity contribution is 6.32. The summed E-state index contributed by atoms with van der Waals surface area (Å²) < 4.78 is 23.5. The maximum Gasteiger partial charge on any atom is 0.276 e. The summed E-state index contributed by atoms with van der Waals surface area (Å²) in [6.07, 6.45) is 4.39. The predicted octanol–water partition coefficient (Wildman–Crippen LogP) is 3.20. The van der Waals surface area contributed by atoms with Gasteiger partial charge in [0.25, 0.3) is 11.5 Å². The summed E-state index contributed by atoms with van der Waals surface area (Å²) in [5, 5.41) is 0.221. The van der Waals surface area contributed by atoms with Gasteiger partial charge in [0.05, 0.1) is 11.3 Å². The Morgan fingerprint density at radius 3 is 2.67 bits per heavy atom. The molecule has 2 aliphatic heterocycles. The highest BCUT2D eigenvalue weighted by atomic mass is 35.5. The van der Waals surface area contributed by atoms with Crippen LogP contribution in [-0.2, 0) is 17.9 Å². The van der Waals surface area contributed by atoms with E-state index in [0.717, 1.165) is 19.3 Å². The van der Waals surface area contributed by atoms with Crippen LogP contribution in [0.3, 0.4) is 0 Å². The molecule has 0 N–H and O–H groups in total. The third kappa shape index (κ3) is 2.86. The molecule has 3 heterocycles. The van der Waals surface area contributed by atoms with Crippen molar-refractivity contribution >= 4 is 23.2 Å². The lowest BCUT2D eigenvalue weighted by atomic mass is 10.1. The zero-order chi connectivity index (χ0) is 19.1. The molecular formula is C19H19ClFN3O3. The number of rotatable bonds is 3. The van der Waals surface area contributed by atoms with Crippen LogP contribution in [0.15, 0.2) is 29.6 Å². The lowest BCUT2D eigenvalue weighted by Crippen LogP contribution is -2.38. The average molecular weight is 392 g/mol. The molecule has 0 fully saturated rings. The van der Waals surface area contributed by atoms with Gasteiger partial charge in [0.15, 0.2) is 6.61 Å². The predicted molar refractivity (Wildman–Crippen MR) is 101 cm³/mol. The van der Waals surface area contributed by atoms with Gasteiger partial charge >= 0.3 is 0 Å². The number of carbonyl (C=O) groups is 1. The highest BCUT2D eigenvalue weighted by Crippen LogP contribution is 2.39. The second kappa shape index (κ2) is 6.88. The molecule has 2 aromatic rings. The summed E-state index contributed by atoms with van der Waals surface area (Å²) in [5.74, 6) is -0.604. The minimum Gasteiger partial charge on any atom is -0.481 e. The number of amides is 1. The van der Waals surface area contributed by atoms with Gasteiger partial charge in [0.2, 0.25) is 0 Å². The van der Waals surface area contributed by atoms with Crippen LogP contribution in [0.4, 0.5) is 10.1 Å². The van der Waals surface area contributed by atoms with E-state index in [1.807, 2.05) is 0 Å². The Hall–Kier alpha value is -2.54. The first-order chi connectivity index (χ1) is 13.0. The van der Waals surface area contributed by atoms with Gasteiger partial charge in [0, 0.05) is 31.3 Å². The molecule has 0 radical (unpaired) electrons. The van der Waals surface area contributed by atoms with Crippen LogP contribution in [0.25, 0.3) is 11.1 Å². The monoisotopic (exact) mass is 391 g/mol. The van der Waals surface area contributed by atoms with E-state index in [-0.39, 0.29) is 46.6 Å². The summed E-state index contributed by atoms with van der Waals surface area (Å²) in [7, 11) is 0. The zero-order valence-electron chi connectivity index (χ0n) is 14.7. The van der Waals surface area contributed by atoms with E-state index in [9.17, 15) is 14.0 Å². The topological polar surface area (TPSA) is 56.5 Å². The van der Waals surface area contributed by atoms with Crippen molar-refractivity contribution in [1.82, 2.24) is 9.36 Å². The van der Waals surface area contributed by atoms with Crippen molar-refractivity contribution in [2.75, 3.05) is 18.1 Å². The van der Waals surface area contributed by atoms with E-state index < -0.39 is 5.82 Å². The third-order valence-corrected chi connectivity index (χ3v) is 5.37. The summed E-state index contributed by atoms with van der Waals surface area (Å²) in [4.78, 5) is 26.6. The quantitative estimate of drug-likeness (QED) is 0.755. The molecule has 27 heavy (non-hydrogen) atoms. The van der Waals surface area contributed by atoms with Crippen molar-refractivity contribution in [2.24, 2.45) is 0 Å². The molecule has 142 valence electrons. The van der Waals surface area contributed by atoms with Gasteiger partial charge in [-0.15, -0.1) is 6.58 Å². The second-order valence-electron chi connectivity index (χ2n) is 6.66. The molecule has 1 aromatic carbocycles. The zero-order valence-corrected chi connectivity index (χ0v) is 15.5. The molecule has 0 unspecified atom stereocenters. The number of benzene rings is 1. The normalized spacial score (nSPS) is 16.4. The summed E-state index contributed by atoms with van der Waals surface area (Å²) in [6.45, 7) is 4.92. The second-order valence-corrected chi connectivity index (χ2v) is 7.02. The third-order valence-electron chi connectivity index (χ3n) is 4.99. The standard InChI is InChI=1S/C19H19ClFN3O3/c1-2-6-22-14-9-12(13(21)10-15(14)27-11-16(22)25)17-18(20)23-7-4-3-5-8-24(23)19(17)26/h2,9-10H,1,3-8,11H2. The van der Waals surface area contributed by atoms with Crippen LogP contribution in [0, 0.1) is 5.82 Å². The minimum atomic E-state index is -0.609. The molecule has 0 atom stereocenters. The number of nitrogens with zero attached hydrogens (tertiary/aromatic N) is 3. The molecule has 0 spiro atoms. The van der Waals surface area contributed by atoms with Gasteiger partial charge in [-0.2, -0.15) is 0 Å². The van der Waals surface area contributed by atoms with Gasteiger partial charge in [0.1, 0.15) is 16.7 Å². The van der Waals surface area contributed by atoms with Gasteiger partial charge in [-0.25, -0.2) is 9.07 Å². The number of aromatic nitrogens is 2. The maximum absolute atomic E-state index is 14.9. The number of anilines is 1. The molecule has 6 nitrogen and oxygen atoms in total. The Kier molecular flexibility index (Phi) is 4.55. The first kappa shape index (κ1) is 17.9. The fourth-order valence-electron chi connectivity index (χ4n) is 3.67. The first-order valence-electron chi connectivity index (χ1n) is 8.90. The number of fused-ring (bicyclic) bond motifs is 2. The molecule has 8 heteroatoms. The summed E-state index contributed by atoms with van der Waals surface area (Å²) in [6, 6.07) is 2.67. The Morgan fingerprint density at radius 2 is 1.93 bits per heavy atom. The highest BCUT2D eigenvalue weighted by Gasteiger charge is 2.29. The van der Waals surface area contributed by atoms with Crippen molar-refractivity contribution < 1.29 is 13.9 Å². The Labute approximate surface area is 160 Å². The van der Waals surface area contributed by atoms with Crippen LogP contribution in [0.5, 0.6) is 5.75 Å². The van der Waals surface area contributed by atoms with Crippen LogP contribution in [0.1, 0.15) is 19.3 Å². The van der Waals surface area contributed by atoms with Crippen molar-refractivity contribution in [3.63, 3.8) is 0 Å². The van der Waals surface area contributed by atoms with Crippen molar-refractivity contribution in [2.45, 2.75) is 32.4 Å². The van der Waals surface area contributed by atoms with Crippen molar-refractivity contribution in [3.8, 4) is 16.9 Å². The molecule has 0 saturated heterocycles. The molecular weight excluding hydrogens is 373 g/mol. The van der Waals surface area contributed by atoms with Gasteiger partial charge < -0.3 is 9.64 Å². The van der Waals surface area contributed by atoms with Crippen LogP contribution >= 0.6 is 11.6 Å². The maximum atomic E-state index is 14.9. The van der Waals surface area contributed by atoms with Crippen LogP contribution in [-0.4, -0.2) is 28.4 Å². The molecule has 1 amide bonds. The Balaban J connectivity index is 1.90.